The van der Waals surface area contributed by atoms with Crippen molar-refractivity contribution in [2.75, 3.05) is 7.11 Å². The van der Waals surface area contributed by atoms with Crippen LogP contribution in [0, 0.1) is 23.7 Å². The number of allylic oxidation sites excluding steroid dienone is 1. The maximum absolute atomic E-state index is 9.80. The molecule has 1 N–H and O–H groups in total. The normalized spacial score (nSPS) is 33.3. The van der Waals surface area contributed by atoms with Crippen molar-refractivity contribution in [1.29, 1.82) is 0 Å². The van der Waals surface area contributed by atoms with E-state index in [4.69, 9.17) is 16.3 Å². The minimum Gasteiger partial charge on any atom is -0.508 e. The van der Waals surface area contributed by atoms with Gasteiger partial charge in [0.2, 0.25) is 0 Å². The quantitative estimate of drug-likeness (QED) is 0.791. The third-order valence-corrected chi connectivity index (χ3v) is 6.01. The molecule has 2 nitrogen and oxygen atoms in total. The van der Waals surface area contributed by atoms with Crippen LogP contribution in [0.1, 0.15) is 37.7 Å². The molecule has 1 aromatic rings. The van der Waals surface area contributed by atoms with Crippen LogP contribution >= 0.6 is 11.6 Å². The first kappa shape index (κ1) is 13.5. The third kappa shape index (κ3) is 2.15. The monoisotopic (exact) mass is 304 g/mol. The molecule has 4 saturated carbocycles. The molecule has 21 heavy (non-hydrogen) atoms. The van der Waals surface area contributed by atoms with Crippen molar-refractivity contribution in [2.45, 2.75) is 32.1 Å². The largest absolute Gasteiger partial charge is 0.508 e. The van der Waals surface area contributed by atoms with E-state index in [2.05, 4.69) is 0 Å². The van der Waals surface area contributed by atoms with Crippen molar-refractivity contribution < 1.29 is 9.84 Å². The molecule has 0 aromatic heterocycles. The van der Waals surface area contributed by atoms with Crippen molar-refractivity contribution in [1.82, 2.24) is 0 Å². The Bertz CT molecular complexity index is 575. The summed E-state index contributed by atoms with van der Waals surface area (Å²) in [6.45, 7) is 0. The highest BCUT2D eigenvalue weighted by Gasteiger charge is 2.46. The Morgan fingerprint density at radius 2 is 1.71 bits per heavy atom. The van der Waals surface area contributed by atoms with E-state index in [0.29, 0.717) is 16.9 Å². The molecule has 1 aromatic carbocycles. The van der Waals surface area contributed by atoms with E-state index >= 15 is 0 Å². The van der Waals surface area contributed by atoms with Crippen LogP contribution in [-0.4, -0.2) is 12.2 Å². The molecule has 3 heteroatoms. The highest BCUT2D eigenvalue weighted by Crippen LogP contribution is 2.58. The second kappa shape index (κ2) is 4.95. The Kier molecular flexibility index (Phi) is 3.18. The van der Waals surface area contributed by atoms with E-state index in [9.17, 15) is 5.11 Å². The van der Waals surface area contributed by atoms with Gasteiger partial charge in [-0.25, -0.2) is 0 Å². The molecule has 4 bridgehead atoms. The number of phenolic OH excluding ortho intramolecular Hbond substituents is 1. The van der Waals surface area contributed by atoms with Gasteiger partial charge in [0, 0.05) is 5.56 Å². The lowest BCUT2D eigenvalue weighted by molar-refractivity contribution is 0.0675. The molecule has 0 aliphatic heterocycles. The summed E-state index contributed by atoms with van der Waals surface area (Å²) >= 11 is 6.36. The van der Waals surface area contributed by atoms with Crippen LogP contribution in [0.15, 0.2) is 23.8 Å². The van der Waals surface area contributed by atoms with Gasteiger partial charge in [0.15, 0.2) is 0 Å². The van der Waals surface area contributed by atoms with Crippen LogP contribution in [0.25, 0.3) is 5.76 Å². The molecular formula is C18H21ClO2. The van der Waals surface area contributed by atoms with Gasteiger partial charge in [0.05, 0.1) is 12.1 Å². The molecule has 0 radical (unpaired) electrons. The number of hydrogen-bond acceptors (Lipinski definition) is 2. The highest BCUT2D eigenvalue weighted by molar-refractivity contribution is 6.32. The molecule has 0 saturated heterocycles. The fourth-order valence-electron chi connectivity index (χ4n) is 5.13. The SMILES string of the molecule is COC(=C1C2CC3CC(C2)CC1C3)c1cc(O)ccc1Cl. The van der Waals surface area contributed by atoms with E-state index < -0.39 is 0 Å². The standard InChI is InChI=1S/C18H21ClO2/c1-21-18(15-9-14(20)2-3-16(15)19)17-12-5-10-4-11(7-12)8-13(17)6-10/h2-3,9-13,20H,4-8H2,1H3. The van der Waals surface area contributed by atoms with E-state index in [0.717, 1.165) is 23.2 Å². The average molecular weight is 305 g/mol. The van der Waals surface area contributed by atoms with Crippen molar-refractivity contribution in [3.63, 3.8) is 0 Å². The number of ether oxygens (including phenoxy) is 1. The molecule has 4 aliphatic carbocycles. The number of halogens is 1. The predicted octanol–water partition coefficient (Wildman–Crippen LogP) is 4.86. The summed E-state index contributed by atoms with van der Waals surface area (Å²) in [5, 5.41) is 10.5. The van der Waals surface area contributed by atoms with Crippen LogP contribution in [0.2, 0.25) is 5.02 Å². The first-order valence-electron chi connectivity index (χ1n) is 7.92. The topological polar surface area (TPSA) is 29.5 Å². The zero-order chi connectivity index (χ0) is 14.6. The van der Waals surface area contributed by atoms with Gasteiger partial charge in [-0.15, -0.1) is 0 Å². The molecule has 112 valence electrons. The highest BCUT2D eigenvalue weighted by atomic mass is 35.5. The van der Waals surface area contributed by atoms with Gasteiger partial charge in [-0.3, -0.25) is 0 Å². The second-order valence-electron chi connectivity index (χ2n) is 6.96. The summed E-state index contributed by atoms with van der Waals surface area (Å²) < 4.78 is 5.78. The Morgan fingerprint density at radius 3 is 2.29 bits per heavy atom. The molecule has 4 fully saturated rings. The molecular weight excluding hydrogens is 284 g/mol. The number of phenols is 1. The fraction of sp³-hybridized carbons (Fsp3) is 0.556. The van der Waals surface area contributed by atoms with E-state index in [1.54, 1.807) is 25.3 Å². The predicted molar refractivity (Wildman–Crippen MR) is 84.1 cm³/mol. The molecule has 0 amide bonds. The fourth-order valence-corrected chi connectivity index (χ4v) is 5.34. The minimum absolute atomic E-state index is 0.244. The lowest BCUT2D eigenvalue weighted by atomic mass is 9.54. The third-order valence-electron chi connectivity index (χ3n) is 5.68. The lowest BCUT2D eigenvalue weighted by Crippen LogP contribution is -2.40. The molecule has 0 unspecified atom stereocenters. The van der Waals surface area contributed by atoms with Crippen molar-refractivity contribution in [3.05, 3.63) is 34.4 Å². The number of benzene rings is 1. The van der Waals surface area contributed by atoms with Crippen molar-refractivity contribution in [2.24, 2.45) is 23.7 Å². The van der Waals surface area contributed by atoms with Gasteiger partial charge in [0.25, 0.3) is 0 Å². The zero-order valence-electron chi connectivity index (χ0n) is 12.3. The van der Waals surface area contributed by atoms with Gasteiger partial charge in [0.1, 0.15) is 11.5 Å². The zero-order valence-corrected chi connectivity index (χ0v) is 13.1. The number of rotatable bonds is 2. The molecule has 0 heterocycles. The van der Waals surface area contributed by atoms with Crippen molar-refractivity contribution in [3.8, 4) is 5.75 Å². The molecule has 0 spiro atoms. The second-order valence-corrected chi connectivity index (χ2v) is 7.36. The number of aromatic hydroxyl groups is 1. The van der Waals surface area contributed by atoms with Crippen LogP contribution in [-0.2, 0) is 4.74 Å². The van der Waals surface area contributed by atoms with E-state index in [1.165, 1.54) is 37.7 Å². The summed E-state index contributed by atoms with van der Waals surface area (Å²) in [7, 11) is 1.73. The van der Waals surface area contributed by atoms with Gasteiger partial charge < -0.3 is 9.84 Å². The van der Waals surface area contributed by atoms with Gasteiger partial charge in [-0.05, 0) is 79.5 Å². The lowest BCUT2D eigenvalue weighted by Gasteiger charge is -2.51. The number of methoxy groups -OCH3 is 1. The summed E-state index contributed by atoms with van der Waals surface area (Å²) in [5.74, 6) is 4.34. The smallest absolute Gasteiger partial charge is 0.127 e. The Hall–Kier alpha value is -1.15. The van der Waals surface area contributed by atoms with Crippen molar-refractivity contribution >= 4 is 17.4 Å². The van der Waals surface area contributed by atoms with Crippen LogP contribution < -0.4 is 0 Å². The van der Waals surface area contributed by atoms with Crippen LogP contribution in [0.3, 0.4) is 0 Å². The van der Waals surface area contributed by atoms with Gasteiger partial charge in [-0.2, -0.15) is 0 Å². The first-order valence-corrected chi connectivity index (χ1v) is 8.30. The maximum Gasteiger partial charge on any atom is 0.127 e. The Balaban J connectivity index is 1.83. The summed E-state index contributed by atoms with van der Waals surface area (Å²) in [5.41, 5.74) is 2.32. The number of hydrogen-bond donors (Lipinski definition) is 1. The van der Waals surface area contributed by atoms with Crippen LogP contribution in [0.4, 0.5) is 0 Å². The van der Waals surface area contributed by atoms with E-state index in [1.807, 2.05) is 0 Å². The molecule has 4 aliphatic rings. The van der Waals surface area contributed by atoms with Gasteiger partial charge in [-0.1, -0.05) is 11.6 Å². The maximum atomic E-state index is 9.80. The molecule has 0 atom stereocenters. The summed E-state index contributed by atoms with van der Waals surface area (Å²) in [6, 6.07) is 5.11. The summed E-state index contributed by atoms with van der Waals surface area (Å²) in [4.78, 5) is 0. The first-order chi connectivity index (χ1) is 10.2. The van der Waals surface area contributed by atoms with E-state index in [-0.39, 0.29) is 5.75 Å². The minimum atomic E-state index is 0.244. The molecule has 5 rings (SSSR count). The van der Waals surface area contributed by atoms with Crippen LogP contribution in [0.5, 0.6) is 5.75 Å². The van der Waals surface area contributed by atoms with Gasteiger partial charge >= 0.3 is 0 Å². The summed E-state index contributed by atoms with van der Waals surface area (Å²) in [6.07, 6.45) is 6.68. The average Bonchev–Trinajstić information content (AvgIpc) is 2.45. The Labute approximate surface area is 130 Å². The Morgan fingerprint density at radius 1 is 1.10 bits per heavy atom.